The number of halogens is 1. The molecule has 1 aromatic rings. The van der Waals surface area contributed by atoms with E-state index in [1.165, 1.54) is 0 Å². The number of carbonyl (C=O) groups excluding carboxylic acids is 2. The molecule has 2 unspecified atom stereocenters. The number of fused-ring (bicyclic) bond motifs is 1. The predicted octanol–water partition coefficient (Wildman–Crippen LogP) is 1.55. The molecule has 2 aliphatic heterocycles. The molecule has 0 saturated carbocycles. The highest BCUT2D eigenvalue weighted by Crippen LogP contribution is 2.39. The Morgan fingerprint density at radius 3 is 2.85 bits per heavy atom. The van der Waals surface area contributed by atoms with Gasteiger partial charge in [-0.05, 0) is 6.07 Å². The first-order valence-electron chi connectivity index (χ1n) is 6.34. The largest absolute Gasteiger partial charge is 0.632 e. The third-order valence-electron chi connectivity index (χ3n) is 3.96. The molecule has 1 N–H and O–H groups in total. The molecule has 2 heterocycles. The fraction of sp³-hybridized carbons (Fsp3) is 0.385. The van der Waals surface area contributed by atoms with E-state index in [1.807, 2.05) is 18.2 Å². The summed E-state index contributed by atoms with van der Waals surface area (Å²) in [5, 5.41) is 15.3. The number of piperidine rings is 1. The van der Waals surface area contributed by atoms with Crippen LogP contribution in [-0.2, 0) is 22.7 Å². The normalized spacial score (nSPS) is 29.0. The Morgan fingerprint density at radius 2 is 2.15 bits per heavy atom. The highest BCUT2D eigenvalue weighted by atomic mass is 127. The minimum atomic E-state index is -0.720. The predicted molar refractivity (Wildman–Crippen MR) is 78.3 cm³/mol. The third kappa shape index (κ3) is 2.19. The van der Waals surface area contributed by atoms with Gasteiger partial charge in [-0.1, -0.05) is 12.1 Å². The molecule has 0 aromatic heterocycles. The minimum Gasteiger partial charge on any atom is -0.632 e. The van der Waals surface area contributed by atoms with Crippen molar-refractivity contribution in [3.8, 4) is 5.75 Å². The smallest absolute Gasteiger partial charge is 0.285 e. The lowest BCUT2D eigenvalue weighted by atomic mass is 10.0. The van der Waals surface area contributed by atoms with Crippen LogP contribution in [0.1, 0.15) is 24.0 Å². The van der Waals surface area contributed by atoms with Crippen molar-refractivity contribution in [2.45, 2.75) is 32.0 Å². The van der Waals surface area contributed by atoms with Crippen LogP contribution in [0.5, 0.6) is 5.75 Å². The zero-order valence-corrected chi connectivity index (χ0v) is 12.8. The summed E-state index contributed by atoms with van der Waals surface area (Å²) in [6.45, 7) is 0.455. The van der Waals surface area contributed by atoms with Gasteiger partial charge in [0.15, 0.2) is 29.0 Å². The number of nitrogens with zero attached hydrogens (tertiary/aromatic N) is 1. The Kier molecular flexibility index (Phi) is 3.43. The van der Waals surface area contributed by atoms with Crippen molar-refractivity contribution in [2.24, 2.45) is 0 Å². The number of imide groups is 1. The number of carbonyl (C=O) groups is 2. The van der Waals surface area contributed by atoms with Gasteiger partial charge in [-0.3, -0.25) is 14.9 Å². The highest BCUT2D eigenvalue weighted by Gasteiger charge is 2.43. The molecular weight excluding hydrogens is 375 g/mol. The van der Waals surface area contributed by atoms with E-state index in [0.29, 0.717) is 12.2 Å². The van der Waals surface area contributed by atoms with Gasteiger partial charge >= 0.3 is 0 Å². The molecule has 1 fully saturated rings. The number of nitrogens with one attached hydrogen (secondary N) is 1. The maximum Gasteiger partial charge on any atom is 0.285 e. The van der Waals surface area contributed by atoms with Gasteiger partial charge < -0.3 is 12.9 Å². The summed E-state index contributed by atoms with van der Waals surface area (Å²) in [5.41, 5.74) is 1.78. The van der Waals surface area contributed by atoms with Gasteiger partial charge in [-0.2, -0.15) is 0 Å². The van der Waals surface area contributed by atoms with Gasteiger partial charge in [-0.25, -0.2) is 0 Å². The summed E-state index contributed by atoms with van der Waals surface area (Å²) >= 11 is 1.79. The van der Waals surface area contributed by atoms with E-state index >= 15 is 0 Å². The van der Waals surface area contributed by atoms with E-state index in [0.717, 1.165) is 11.1 Å². The Balaban J connectivity index is 1.89. The number of rotatable bonds is 2. The standard InChI is InChI=1S/C13H13IN2O4/c14-20-11-3-1-2-8-6-16(19,7-9(8)11)10-4-5-12(17)15-13(10)18/h1-3,10H,4-7H2,(H,15,17,18). The first-order valence-corrected chi connectivity index (χ1v) is 7.22. The molecule has 2 amide bonds. The Labute approximate surface area is 129 Å². The first kappa shape index (κ1) is 13.8. The lowest BCUT2D eigenvalue weighted by molar-refractivity contribution is -0.916. The fourth-order valence-electron chi connectivity index (χ4n) is 2.97. The molecule has 2 atom stereocenters. The van der Waals surface area contributed by atoms with Crippen LogP contribution in [0.2, 0.25) is 0 Å². The molecule has 0 spiro atoms. The van der Waals surface area contributed by atoms with Gasteiger partial charge in [0.25, 0.3) is 5.91 Å². The highest BCUT2D eigenvalue weighted by molar-refractivity contribution is 14.1. The number of quaternary nitrogens is 1. The van der Waals surface area contributed by atoms with Crippen molar-refractivity contribution < 1.29 is 17.3 Å². The van der Waals surface area contributed by atoms with Gasteiger partial charge in [0.2, 0.25) is 5.91 Å². The Hall–Kier alpha value is -1.19. The fourth-order valence-corrected chi connectivity index (χ4v) is 3.39. The monoisotopic (exact) mass is 388 g/mol. The molecule has 1 saturated heterocycles. The summed E-state index contributed by atoms with van der Waals surface area (Å²) < 4.78 is 4.61. The average Bonchev–Trinajstić information content (AvgIpc) is 2.75. The zero-order valence-electron chi connectivity index (χ0n) is 10.6. The van der Waals surface area contributed by atoms with Gasteiger partial charge in [0.1, 0.15) is 18.8 Å². The number of hydroxylamine groups is 3. The van der Waals surface area contributed by atoms with Crippen LogP contribution in [0.4, 0.5) is 0 Å². The zero-order chi connectivity index (χ0) is 14.3. The third-order valence-corrected chi connectivity index (χ3v) is 4.43. The molecule has 2 aliphatic rings. The van der Waals surface area contributed by atoms with Crippen LogP contribution in [0.15, 0.2) is 18.2 Å². The molecule has 0 radical (unpaired) electrons. The molecule has 7 heteroatoms. The van der Waals surface area contributed by atoms with E-state index in [4.69, 9.17) is 3.07 Å². The minimum absolute atomic E-state index is 0.209. The van der Waals surface area contributed by atoms with Gasteiger partial charge in [-0.15, -0.1) is 0 Å². The molecule has 106 valence electrons. The van der Waals surface area contributed by atoms with E-state index < -0.39 is 16.6 Å². The van der Waals surface area contributed by atoms with Crippen molar-refractivity contribution in [1.82, 2.24) is 5.32 Å². The average molecular weight is 388 g/mol. The number of hydrogen-bond acceptors (Lipinski definition) is 4. The van der Waals surface area contributed by atoms with E-state index in [9.17, 15) is 14.8 Å². The number of hydrogen-bond donors (Lipinski definition) is 1. The summed E-state index contributed by atoms with van der Waals surface area (Å²) in [6.07, 6.45) is 0.535. The second-order valence-electron chi connectivity index (χ2n) is 5.21. The second-order valence-corrected chi connectivity index (χ2v) is 5.65. The molecule has 0 aliphatic carbocycles. The molecule has 6 nitrogen and oxygen atoms in total. The van der Waals surface area contributed by atoms with Crippen molar-refractivity contribution in [2.75, 3.05) is 0 Å². The Bertz CT molecular complexity index is 592. The van der Waals surface area contributed by atoms with Crippen LogP contribution in [0.25, 0.3) is 0 Å². The summed E-state index contributed by atoms with van der Waals surface area (Å²) in [4.78, 5) is 23.1. The molecule has 0 bridgehead atoms. The lowest BCUT2D eigenvalue weighted by Gasteiger charge is -2.45. The summed E-state index contributed by atoms with van der Waals surface area (Å²) in [5.74, 6) is -0.0851. The van der Waals surface area contributed by atoms with Crippen molar-refractivity contribution in [1.29, 1.82) is 0 Å². The van der Waals surface area contributed by atoms with E-state index in [-0.39, 0.29) is 25.4 Å². The van der Waals surface area contributed by atoms with Crippen LogP contribution in [-0.4, -0.2) is 22.5 Å². The van der Waals surface area contributed by atoms with Crippen LogP contribution in [0, 0.1) is 5.21 Å². The maximum atomic E-state index is 13.0. The Morgan fingerprint density at radius 1 is 1.35 bits per heavy atom. The van der Waals surface area contributed by atoms with Crippen LogP contribution < -0.4 is 8.38 Å². The maximum absolute atomic E-state index is 13.0. The first-order chi connectivity index (χ1) is 9.53. The van der Waals surface area contributed by atoms with E-state index in [2.05, 4.69) is 5.32 Å². The summed E-state index contributed by atoms with van der Waals surface area (Å²) in [7, 11) is 0. The van der Waals surface area contributed by atoms with Crippen LogP contribution >= 0.6 is 23.0 Å². The number of amides is 2. The SMILES string of the molecule is O=C1CCC([N+]2([O-])Cc3cccc(OI)c3C2)C(=O)N1. The van der Waals surface area contributed by atoms with E-state index in [1.54, 1.807) is 23.0 Å². The molecule has 3 rings (SSSR count). The van der Waals surface area contributed by atoms with Crippen molar-refractivity contribution in [3.05, 3.63) is 34.5 Å². The topological polar surface area (TPSA) is 78.5 Å². The van der Waals surface area contributed by atoms with Gasteiger partial charge in [0.05, 0.1) is 5.56 Å². The van der Waals surface area contributed by atoms with Crippen molar-refractivity contribution in [3.63, 3.8) is 0 Å². The van der Waals surface area contributed by atoms with Crippen molar-refractivity contribution >= 4 is 34.8 Å². The summed E-state index contributed by atoms with van der Waals surface area (Å²) in [6, 6.07) is 4.82. The lowest BCUT2D eigenvalue weighted by Crippen LogP contribution is -2.58. The van der Waals surface area contributed by atoms with Crippen LogP contribution in [0.3, 0.4) is 0 Å². The molecule has 1 aromatic carbocycles. The number of benzene rings is 1. The van der Waals surface area contributed by atoms with Gasteiger partial charge in [0, 0.05) is 18.4 Å². The second kappa shape index (κ2) is 4.97. The quantitative estimate of drug-likeness (QED) is 0.361. The molecule has 20 heavy (non-hydrogen) atoms. The molecular formula is C13H13IN2O4.